The van der Waals surface area contributed by atoms with Crippen molar-refractivity contribution < 1.29 is 47.4 Å². The first-order valence-electron chi connectivity index (χ1n) is 14.5. The highest BCUT2D eigenvalue weighted by atomic mass is 35.5. The minimum absolute atomic E-state index is 0.0328. The SMILES string of the molecule is CS(=O)(=O)NC(=O)Nc1ccc(CC(NC(=O)C(=O)Nc2cc(Cl)ccc2-n2cnnn2)C(=O)Nc2ccc3c(c2)cc(C(=O)O)n3C(=O)O)cc1. The third-order valence-corrected chi connectivity index (χ3v) is 7.83. The number of amides is 5. The Hall–Kier alpha value is -6.87. The van der Waals surface area contributed by atoms with Gasteiger partial charge in [0.15, 0.2) is 0 Å². The summed E-state index contributed by atoms with van der Waals surface area (Å²) in [7, 11) is -3.83. The standard InChI is InChI=1S/C30H25ClN10O10S/c1-52(50,51)37-29(47)34-18-5-2-15(3-6-18)10-21(25(42)33-19-7-9-22-16(11-19)12-24(28(45)46)41(22)30(48)49)36-27(44)26(43)35-20-13-17(31)4-8-23(20)40-14-32-38-39-40/h2-9,11-14,21H,10H2,1H3,(H,33,42)(H,35,43)(H,36,44)(H,45,46)(H,48,49)(H2,34,37,47). The number of rotatable bonds is 10. The molecule has 2 heterocycles. The number of carbonyl (C=O) groups is 6. The molecule has 0 radical (unpaired) electrons. The highest BCUT2D eigenvalue weighted by molar-refractivity contribution is 7.89. The number of nitrogens with zero attached hydrogens (tertiary/aromatic N) is 5. The summed E-state index contributed by atoms with van der Waals surface area (Å²) in [5.74, 6) is -4.75. The molecule has 5 rings (SSSR count). The fourth-order valence-electron chi connectivity index (χ4n) is 4.86. The number of halogens is 1. The Labute approximate surface area is 296 Å². The third kappa shape index (κ3) is 8.83. The Morgan fingerprint density at radius 2 is 1.58 bits per heavy atom. The number of benzene rings is 3. The number of aromatic carboxylic acids is 1. The number of hydrogen-bond acceptors (Lipinski definition) is 11. The van der Waals surface area contributed by atoms with Crippen LogP contribution in [0, 0.1) is 0 Å². The van der Waals surface area contributed by atoms with E-state index in [2.05, 4.69) is 36.8 Å². The van der Waals surface area contributed by atoms with E-state index < -0.39 is 57.6 Å². The topological polar surface area (TPSA) is 286 Å². The Morgan fingerprint density at radius 1 is 0.865 bits per heavy atom. The van der Waals surface area contributed by atoms with Gasteiger partial charge < -0.3 is 31.5 Å². The fourth-order valence-corrected chi connectivity index (χ4v) is 5.42. The zero-order chi connectivity index (χ0) is 37.7. The minimum Gasteiger partial charge on any atom is -0.477 e. The van der Waals surface area contributed by atoms with Crippen molar-refractivity contribution in [3.05, 3.63) is 89.3 Å². The smallest absolute Gasteiger partial charge is 0.416 e. The Bertz CT molecular complexity index is 2350. The number of urea groups is 1. The van der Waals surface area contributed by atoms with E-state index in [-0.39, 0.29) is 45.1 Å². The van der Waals surface area contributed by atoms with Crippen molar-refractivity contribution in [3.8, 4) is 5.69 Å². The lowest BCUT2D eigenvalue weighted by atomic mass is 10.0. The second kappa shape index (κ2) is 14.9. The van der Waals surface area contributed by atoms with E-state index in [1.54, 1.807) is 4.72 Å². The van der Waals surface area contributed by atoms with Crippen LogP contribution in [0.3, 0.4) is 0 Å². The van der Waals surface area contributed by atoms with Crippen LogP contribution in [0.4, 0.5) is 26.7 Å². The number of carboxylic acid groups (broad SMARTS) is 2. The molecule has 2 aromatic heterocycles. The number of carboxylic acids is 1. The van der Waals surface area contributed by atoms with Crippen LogP contribution in [-0.4, -0.2) is 91.5 Å². The molecule has 7 N–H and O–H groups in total. The van der Waals surface area contributed by atoms with Gasteiger partial charge in [-0.1, -0.05) is 23.7 Å². The molecule has 0 spiro atoms. The summed E-state index contributed by atoms with van der Waals surface area (Å²) in [6.45, 7) is 0. The monoisotopic (exact) mass is 752 g/mol. The molecule has 20 nitrogen and oxygen atoms in total. The molecule has 0 aliphatic heterocycles. The van der Waals surface area contributed by atoms with Crippen molar-refractivity contribution in [3.63, 3.8) is 0 Å². The maximum Gasteiger partial charge on any atom is 0.416 e. The van der Waals surface area contributed by atoms with Gasteiger partial charge in [-0.15, -0.1) is 5.10 Å². The fraction of sp³-hybridized carbons (Fsp3) is 0.100. The number of hydrogen-bond donors (Lipinski definition) is 7. The number of sulfonamides is 1. The first-order chi connectivity index (χ1) is 24.6. The lowest BCUT2D eigenvalue weighted by molar-refractivity contribution is -0.137. The van der Waals surface area contributed by atoms with E-state index in [9.17, 15) is 47.4 Å². The van der Waals surface area contributed by atoms with Crippen molar-refractivity contribution in [2.75, 3.05) is 22.2 Å². The summed E-state index contributed by atoms with van der Waals surface area (Å²) in [4.78, 5) is 75.2. The summed E-state index contributed by atoms with van der Waals surface area (Å²) >= 11 is 6.10. The van der Waals surface area contributed by atoms with Crippen LogP contribution < -0.4 is 26.0 Å². The molecule has 5 amide bonds. The van der Waals surface area contributed by atoms with Crippen molar-refractivity contribution in [1.82, 2.24) is 34.8 Å². The predicted octanol–water partition coefficient (Wildman–Crippen LogP) is 1.88. The molecule has 0 saturated heterocycles. The van der Waals surface area contributed by atoms with Gasteiger partial charge in [0, 0.05) is 28.2 Å². The molecule has 3 aromatic carbocycles. The summed E-state index contributed by atoms with van der Waals surface area (Å²) in [6.07, 6.45) is 0.295. The molecule has 52 heavy (non-hydrogen) atoms. The summed E-state index contributed by atoms with van der Waals surface area (Å²) in [5.41, 5.74) is 0.542. The largest absolute Gasteiger partial charge is 0.477 e. The first-order valence-corrected chi connectivity index (χ1v) is 16.8. The molecule has 0 aliphatic carbocycles. The van der Waals surface area contributed by atoms with E-state index in [1.165, 1.54) is 71.7 Å². The molecule has 0 fully saturated rings. The molecule has 268 valence electrons. The first kappa shape index (κ1) is 36.4. The number of aromatic nitrogens is 5. The van der Waals surface area contributed by atoms with Gasteiger partial charge in [-0.3, -0.25) is 14.4 Å². The Kier molecular flexibility index (Phi) is 10.5. The average molecular weight is 753 g/mol. The van der Waals surface area contributed by atoms with Crippen molar-refractivity contribution in [2.45, 2.75) is 12.5 Å². The lowest BCUT2D eigenvalue weighted by Gasteiger charge is -2.19. The van der Waals surface area contributed by atoms with E-state index in [0.29, 0.717) is 10.1 Å². The maximum atomic E-state index is 13.6. The zero-order valence-corrected chi connectivity index (χ0v) is 28.0. The minimum atomic E-state index is -3.83. The quantitative estimate of drug-likeness (QED) is 0.100. The maximum absolute atomic E-state index is 13.6. The van der Waals surface area contributed by atoms with Gasteiger partial charge in [0.1, 0.15) is 18.1 Å². The van der Waals surface area contributed by atoms with Gasteiger partial charge in [0.2, 0.25) is 15.9 Å². The Morgan fingerprint density at radius 3 is 2.21 bits per heavy atom. The van der Waals surface area contributed by atoms with E-state index >= 15 is 0 Å². The molecule has 0 saturated carbocycles. The highest BCUT2D eigenvalue weighted by Crippen LogP contribution is 2.25. The van der Waals surface area contributed by atoms with Crippen LogP contribution in [0.25, 0.3) is 16.6 Å². The zero-order valence-electron chi connectivity index (χ0n) is 26.4. The molecular formula is C30H25ClN10O10S. The van der Waals surface area contributed by atoms with Crippen LogP contribution in [0.15, 0.2) is 73.1 Å². The molecule has 0 aliphatic rings. The van der Waals surface area contributed by atoms with E-state index in [1.807, 2.05) is 0 Å². The summed E-state index contributed by atoms with van der Waals surface area (Å²) in [5, 5.41) is 39.9. The summed E-state index contributed by atoms with van der Waals surface area (Å²) in [6, 6.07) is 12.7. The third-order valence-electron chi connectivity index (χ3n) is 7.04. The van der Waals surface area contributed by atoms with Crippen LogP contribution in [-0.2, 0) is 30.8 Å². The van der Waals surface area contributed by atoms with Crippen LogP contribution >= 0.6 is 11.6 Å². The normalized spacial score (nSPS) is 11.7. The molecule has 5 aromatic rings. The van der Waals surface area contributed by atoms with Gasteiger partial charge in [-0.2, -0.15) is 4.68 Å². The van der Waals surface area contributed by atoms with E-state index in [4.69, 9.17) is 11.6 Å². The van der Waals surface area contributed by atoms with Gasteiger partial charge >= 0.3 is 29.9 Å². The van der Waals surface area contributed by atoms with E-state index in [0.717, 1.165) is 12.3 Å². The highest BCUT2D eigenvalue weighted by Gasteiger charge is 2.27. The average Bonchev–Trinajstić information content (AvgIpc) is 3.73. The number of tetrazole rings is 1. The second-order valence-corrected chi connectivity index (χ2v) is 13.0. The van der Waals surface area contributed by atoms with Gasteiger partial charge in [-0.25, -0.2) is 32.1 Å². The van der Waals surface area contributed by atoms with Crippen molar-refractivity contribution >= 4 is 85.4 Å². The molecule has 1 unspecified atom stereocenters. The number of anilines is 3. The predicted molar refractivity (Wildman–Crippen MR) is 183 cm³/mol. The van der Waals surface area contributed by atoms with Crippen molar-refractivity contribution in [2.24, 2.45) is 0 Å². The van der Waals surface area contributed by atoms with Crippen LogP contribution in [0.5, 0.6) is 0 Å². The number of carbonyl (C=O) groups excluding carboxylic acids is 4. The van der Waals surface area contributed by atoms with Crippen LogP contribution in [0.2, 0.25) is 5.02 Å². The Balaban J connectivity index is 1.39. The lowest BCUT2D eigenvalue weighted by Crippen LogP contribution is -2.49. The van der Waals surface area contributed by atoms with Gasteiger partial charge in [0.25, 0.3) is 0 Å². The van der Waals surface area contributed by atoms with Gasteiger partial charge in [-0.05, 0) is 70.6 Å². The molecule has 1 atom stereocenters. The second-order valence-electron chi connectivity index (χ2n) is 10.8. The van der Waals surface area contributed by atoms with Gasteiger partial charge in [0.05, 0.1) is 23.1 Å². The number of fused-ring (bicyclic) bond motifs is 1. The number of nitrogens with one attached hydrogen (secondary N) is 5. The summed E-state index contributed by atoms with van der Waals surface area (Å²) < 4.78 is 26.2. The van der Waals surface area contributed by atoms with Crippen LogP contribution in [0.1, 0.15) is 16.1 Å². The molecule has 22 heteroatoms. The molecule has 0 bridgehead atoms. The van der Waals surface area contributed by atoms with Crippen molar-refractivity contribution in [1.29, 1.82) is 0 Å². The molecular weight excluding hydrogens is 728 g/mol.